The highest BCUT2D eigenvalue weighted by Crippen LogP contribution is 2.24. The number of rotatable bonds is 5. The highest BCUT2D eigenvalue weighted by Gasteiger charge is 2.21. The first-order valence-electron chi connectivity index (χ1n) is 7.86. The molecule has 1 amide bonds. The van der Waals surface area contributed by atoms with Crippen LogP contribution in [-0.4, -0.2) is 21.4 Å². The lowest BCUT2D eigenvalue weighted by atomic mass is 10.2. The summed E-state index contributed by atoms with van der Waals surface area (Å²) in [4.78, 5) is 12.4. The molecule has 1 heterocycles. The summed E-state index contributed by atoms with van der Waals surface area (Å²) in [6.07, 6.45) is 0. The number of nitrogens with zero attached hydrogens (tertiary/aromatic N) is 2. The van der Waals surface area contributed by atoms with Crippen LogP contribution in [0.15, 0.2) is 70.9 Å². The molecule has 2 aromatic carbocycles. The Labute approximate surface area is 161 Å². The highest BCUT2D eigenvalue weighted by molar-refractivity contribution is 7.92. The van der Waals surface area contributed by atoms with E-state index >= 15 is 0 Å². The first kappa shape index (κ1) is 18.6. The molecular formula is C19H15N3O3S2. The third-order valence-electron chi connectivity index (χ3n) is 3.91. The summed E-state index contributed by atoms with van der Waals surface area (Å²) >= 11 is 1.25. The fraction of sp³-hybridized carbons (Fsp3) is 0.0526. The number of thiophene rings is 1. The van der Waals surface area contributed by atoms with Crippen molar-refractivity contribution in [3.8, 4) is 6.07 Å². The van der Waals surface area contributed by atoms with Gasteiger partial charge in [0.1, 0.15) is 11.1 Å². The smallest absolute Gasteiger partial charge is 0.264 e. The van der Waals surface area contributed by atoms with Crippen LogP contribution in [0.5, 0.6) is 0 Å². The van der Waals surface area contributed by atoms with Crippen molar-refractivity contribution in [3.05, 3.63) is 77.2 Å². The number of nitriles is 1. The zero-order chi connectivity index (χ0) is 19.4. The summed E-state index contributed by atoms with van der Waals surface area (Å²) in [7, 11) is -2.26. The quantitative estimate of drug-likeness (QED) is 0.711. The maximum absolute atomic E-state index is 12.7. The van der Waals surface area contributed by atoms with Crippen LogP contribution in [0.1, 0.15) is 15.9 Å². The van der Waals surface area contributed by atoms with E-state index in [9.17, 15) is 13.2 Å². The summed E-state index contributed by atoms with van der Waals surface area (Å²) < 4.78 is 26.7. The van der Waals surface area contributed by atoms with E-state index in [0.717, 1.165) is 0 Å². The number of hydrogen-bond acceptors (Lipinski definition) is 5. The van der Waals surface area contributed by atoms with Gasteiger partial charge in [0.05, 0.1) is 16.1 Å². The van der Waals surface area contributed by atoms with E-state index < -0.39 is 15.9 Å². The van der Waals surface area contributed by atoms with Crippen molar-refractivity contribution in [1.29, 1.82) is 5.26 Å². The van der Waals surface area contributed by atoms with Gasteiger partial charge in [-0.3, -0.25) is 9.10 Å². The number of carbonyl (C=O) groups excluding carboxylic acids is 1. The largest absolute Gasteiger partial charge is 0.312 e. The van der Waals surface area contributed by atoms with E-state index in [1.807, 2.05) is 12.1 Å². The van der Waals surface area contributed by atoms with Crippen molar-refractivity contribution in [2.24, 2.45) is 0 Å². The number of benzene rings is 2. The Morgan fingerprint density at radius 3 is 2.37 bits per heavy atom. The van der Waals surface area contributed by atoms with Crippen molar-refractivity contribution in [2.45, 2.75) is 4.90 Å². The molecule has 0 aliphatic heterocycles. The van der Waals surface area contributed by atoms with Crippen LogP contribution in [0.2, 0.25) is 0 Å². The predicted molar refractivity (Wildman–Crippen MR) is 105 cm³/mol. The Kier molecular flexibility index (Phi) is 5.26. The van der Waals surface area contributed by atoms with Crippen LogP contribution in [0, 0.1) is 11.3 Å². The zero-order valence-electron chi connectivity index (χ0n) is 14.3. The maximum Gasteiger partial charge on any atom is 0.264 e. The molecule has 0 saturated carbocycles. The lowest BCUT2D eigenvalue weighted by Crippen LogP contribution is -2.26. The summed E-state index contributed by atoms with van der Waals surface area (Å²) in [5.74, 6) is -0.408. The zero-order valence-corrected chi connectivity index (χ0v) is 15.9. The van der Waals surface area contributed by atoms with Crippen LogP contribution in [0.3, 0.4) is 0 Å². The normalized spacial score (nSPS) is 10.8. The number of amides is 1. The van der Waals surface area contributed by atoms with Gasteiger partial charge in [-0.05, 0) is 47.8 Å². The molecule has 0 spiro atoms. The number of sulfonamides is 1. The summed E-state index contributed by atoms with van der Waals surface area (Å²) in [5, 5.41) is 13.8. The third-order valence-corrected chi connectivity index (χ3v) is 6.54. The van der Waals surface area contributed by atoms with Crippen LogP contribution in [0.25, 0.3) is 0 Å². The van der Waals surface area contributed by atoms with Gasteiger partial charge < -0.3 is 5.32 Å². The van der Waals surface area contributed by atoms with Crippen molar-refractivity contribution >= 4 is 38.0 Å². The molecule has 0 aliphatic rings. The molecule has 0 atom stereocenters. The number of carbonyl (C=O) groups is 1. The fourth-order valence-corrected chi connectivity index (χ4v) is 4.31. The lowest BCUT2D eigenvalue weighted by Gasteiger charge is -2.19. The van der Waals surface area contributed by atoms with Gasteiger partial charge in [-0.25, -0.2) is 8.42 Å². The van der Waals surface area contributed by atoms with E-state index in [-0.39, 0.29) is 4.90 Å². The third kappa shape index (κ3) is 3.84. The Balaban J connectivity index is 1.80. The molecule has 1 aromatic heterocycles. The second-order valence-electron chi connectivity index (χ2n) is 5.56. The molecule has 0 fully saturated rings. The van der Waals surface area contributed by atoms with Gasteiger partial charge >= 0.3 is 0 Å². The fourth-order valence-electron chi connectivity index (χ4n) is 2.38. The molecule has 0 saturated heterocycles. The predicted octanol–water partition coefficient (Wildman–Crippen LogP) is 3.70. The number of anilines is 2. The molecule has 0 unspecified atom stereocenters. The summed E-state index contributed by atoms with van der Waals surface area (Å²) in [6, 6.07) is 18.0. The lowest BCUT2D eigenvalue weighted by molar-refractivity contribution is 0.102. The van der Waals surface area contributed by atoms with Gasteiger partial charge in [0.25, 0.3) is 15.9 Å². The molecule has 0 aliphatic carbocycles. The van der Waals surface area contributed by atoms with Crippen LogP contribution < -0.4 is 9.62 Å². The van der Waals surface area contributed by atoms with E-state index in [1.54, 1.807) is 35.7 Å². The molecule has 0 radical (unpaired) electrons. The van der Waals surface area contributed by atoms with Gasteiger partial charge in [0, 0.05) is 12.6 Å². The van der Waals surface area contributed by atoms with Crippen molar-refractivity contribution in [2.75, 3.05) is 16.7 Å². The Morgan fingerprint density at radius 1 is 1.07 bits per heavy atom. The first-order valence-corrected chi connectivity index (χ1v) is 10.2. The number of para-hydroxylation sites is 1. The van der Waals surface area contributed by atoms with Gasteiger partial charge in [-0.15, -0.1) is 11.3 Å². The average molecular weight is 397 g/mol. The van der Waals surface area contributed by atoms with Crippen LogP contribution in [-0.2, 0) is 10.0 Å². The second kappa shape index (κ2) is 7.61. The van der Waals surface area contributed by atoms with E-state index in [2.05, 4.69) is 5.32 Å². The van der Waals surface area contributed by atoms with Crippen LogP contribution >= 0.6 is 11.3 Å². The van der Waals surface area contributed by atoms with Crippen molar-refractivity contribution in [3.63, 3.8) is 0 Å². The SMILES string of the molecule is CN(c1ccccc1)S(=O)(=O)c1ccc(C(=O)Nc2sccc2C#N)cc1. The number of hydrogen-bond donors (Lipinski definition) is 1. The highest BCUT2D eigenvalue weighted by atomic mass is 32.2. The van der Waals surface area contributed by atoms with Crippen molar-refractivity contribution in [1.82, 2.24) is 0 Å². The molecular weight excluding hydrogens is 382 g/mol. The average Bonchev–Trinajstić information content (AvgIpc) is 3.15. The molecule has 0 bridgehead atoms. The van der Waals surface area contributed by atoms with E-state index in [0.29, 0.717) is 21.8 Å². The Morgan fingerprint density at radius 2 is 1.74 bits per heavy atom. The van der Waals surface area contributed by atoms with Crippen molar-refractivity contribution < 1.29 is 13.2 Å². The Bertz CT molecular complexity index is 1100. The van der Waals surface area contributed by atoms with Gasteiger partial charge in [0.2, 0.25) is 0 Å². The molecule has 1 N–H and O–H groups in total. The topological polar surface area (TPSA) is 90.3 Å². The minimum absolute atomic E-state index is 0.0826. The van der Waals surface area contributed by atoms with Crippen LogP contribution in [0.4, 0.5) is 10.7 Å². The van der Waals surface area contributed by atoms with Gasteiger partial charge in [-0.1, -0.05) is 18.2 Å². The number of nitrogens with one attached hydrogen (secondary N) is 1. The molecule has 8 heteroatoms. The monoisotopic (exact) mass is 397 g/mol. The van der Waals surface area contributed by atoms with Gasteiger partial charge in [-0.2, -0.15) is 5.26 Å². The molecule has 27 heavy (non-hydrogen) atoms. The molecule has 136 valence electrons. The van der Waals surface area contributed by atoms with E-state index in [1.165, 1.54) is 47.0 Å². The Hall–Kier alpha value is -3.15. The molecule has 3 rings (SSSR count). The minimum Gasteiger partial charge on any atom is -0.312 e. The maximum atomic E-state index is 12.7. The first-order chi connectivity index (χ1) is 12.9. The molecule has 6 nitrogen and oxygen atoms in total. The molecule has 3 aromatic rings. The standard InChI is InChI=1S/C19H15N3O3S2/c1-22(16-5-3-2-4-6-16)27(24,25)17-9-7-14(8-10-17)18(23)21-19-15(13-20)11-12-26-19/h2-12H,1H3,(H,21,23). The van der Waals surface area contributed by atoms with E-state index in [4.69, 9.17) is 5.26 Å². The minimum atomic E-state index is -3.73. The summed E-state index contributed by atoms with van der Waals surface area (Å²) in [5.41, 5.74) is 1.23. The second-order valence-corrected chi connectivity index (χ2v) is 8.45. The summed E-state index contributed by atoms with van der Waals surface area (Å²) in [6.45, 7) is 0. The van der Waals surface area contributed by atoms with Gasteiger partial charge in [0.15, 0.2) is 0 Å².